The van der Waals surface area contributed by atoms with E-state index in [2.05, 4.69) is 9.98 Å². The van der Waals surface area contributed by atoms with Crippen LogP contribution < -0.4 is 11.5 Å². The Morgan fingerprint density at radius 1 is 1.22 bits per heavy atom. The van der Waals surface area contributed by atoms with E-state index < -0.39 is 17.5 Å². The maximum atomic E-state index is 13.8. The highest BCUT2D eigenvalue weighted by atomic mass is 19.1. The average Bonchev–Trinajstić information content (AvgIpc) is 2.95. The molecule has 0 aliphatic carbocycles. The van der Waals surface area contributed by atoms with Crippen LogP contribution in [0.25, 0.3) is 16.6 Å². The van der Waals surface area contributed by atoms with E-state index in [1.54, 1.807) is 16.8 Å². The number of rotatable bonds is 2. The summed E-state index contributed by atoms with van der Waals surface area (Å²) in [5, 5.41) is 0.279. The monoisotopic (exact) mass is 315 g/mol. The third kappa shape index (κ3) is 2.73. The maximum Gasteiger partial charge on any atom is 0.281 e. The summed E-state index contributed by atoms with van der Waals surface area (Å²) in [7, 11) is 0. The quantitative estimate of drug-likeness (QED) is 0.555. The van der Waals surface area contributed by atoms with Gasteiger partial charge < -0.3 is 16.0 Å². The van der Waals surface area contributed by atoms with Crippen LogP contribution in [0.4, 0.5) is 8.78 Å². The second-order valence-electron chi connectivity index (χ2n) is 4.76. The van der Waals surface area contributed by atoms with Gasteiger partial charge in [0.25, 0.3) is 5.91 Å². The van der Waals surface area contributed by atoms with Crippen LogP contribution in [0.3, 0.4) is 0 Å². The van der Waals surface area contributed by atoms with Gasteiger partial charge in [0.05, 0.1) is 11.3 Å². The highest BCUT2D eigenvalue weighted by Gasteiger charge is 2.12. The van der Waals surface area contributed by atoms with Crippen molar-refractivity contribution < 1.29 is 13.6 Å². The summed E-state index contributed by atoms with van der Waals surface area (Å²) >= 11 is 0. The molecule has 0 unspecified atom stereocenters. The Hall–Kier alpha value is -3.29. The van der Waals surface area contributed by atoms with Crippen molar-refractivity contribution in [2.75, 3.05) is 0 Å². The first-order valence-electron chi connectivity index (χ1n) is 6.52. The van der Waals surface area contributed by atoms with Crippen LogP contribution in [0.5, 0.6) is 0 Å². The zero-order valence-electron chi connectivity index (χ0n) is 11.7. The van der Waals surface area contributed by atoms with E-state index in [4.69, 9.17) is 11.5 Å². The second-order valence-corrected chi connectivity index (χ2v) is 4.76. The molecule has 0 fully saturated rings. The van der Waals surface area contributed by atoms with Crippen molar-refractivity contribution in [2.45, 2.75) is 0 Å². The van der Waals surface area contributed by atoms with E-state index in [1.165, 1.54) is 24.5 Å². The highest BCUT2D eigenvalue weighted by molar-refractivity contribution is 6.02. The van der Waals surface area contributed by atoms with Crippen LogP contribution in [0.15, 0.2) is 47.8 Å². The van der Waals surface area contributed by atoms with E-state index in [9.17, 15) is 13.6 Å². The van der Waals surface area contributed by atoms with Gasteiger partial charge in [-0.1, -0.05) is 0 Å². The molecule has 116 valence electrons. The number of fused-ring (bicyclic) bond motifs is 1. The number of pyridine rings is 1. The number of amides is 1. The van der Waals surface area contributed by atoms with Crippen LogP contribution in [0.2, 0.25) is 0 Å². The molecule has 4 N–H and O–H groups in total. The first-order valence-corrected chi connectivity index (χ1v) is 6.52. The van der Waals surface area contributed by atoms with Gasteiger partial charge in [-0.15, -0.1) is 0 Å². The molecule has 1 amide bonds. The van der Waals surface area contributed by atoms with Crippen molar-refractivity contribution >= 4 is 22.8 Å². The standard InChI is InChI=1S/C15H11F2N5O/c16-9-5-10-12(1-3-20-13(10)11(17)6-9)22-4-2-8(7-22)14(23)21-15(18)19/h1-7H,(H4,18,19,21,23). The molecule has 8 heteroatoms. The number of aliphatic imine (C=N–C) groups is 1. The molecule has 0 radical (unpaired) electrons. The van der Waals surface area contributed by atoms with Crippen molar-refractivity contribution in [3.63, 3.8) is 0 Å². The van der Waals surface area contributed by atoms with Gasteiger partial charge in [0.15, 0.2) is 11.8 Å². The molecule has 3 rings (SSSR count). The molecule has 0 saturated carbocycles. The van der Waals surface area contributed by atoms with Crippen LogP contribution >= 0.6 is 0 Å². The van der Waals surface area contributed by atoms with Crippen LogP contribution in [-0.4, -0.2) is 21.4 Å². The van der Waals surface area contributed by atoms with Crippen molar-refractivity contribution in [1.82, 2.24) is 9.55 Å². The lowest BCUT2D eigenvalue weighted by Crippen LogP contribution is -2.24. The number of halogens is 2. The number of carbonyl (C=O) groups is 1. The molecule has 23 heavy (non-hydrogen) atoms. The number of carbonyl (C=O) groups excluding carboxylic acids is 1. The number of benzene rings is 1. The molecular formula is C15H11F2N5O. The molecule has 0 atom stereocenters. The van der Waals surface area contributed by atoms with Gasteiger partial charge in [-0.3, -0.25) is 9.78 Å². The Morgan fingerprint density at radius 3 is 2.74 bits per heavy atom. The van der Waals surface area contributed by atoms with Crippen LogP contribution in [0.1, 0.15) is 10.4 Å². The summed E-state index contributed by atoms with van der Waals surface area (Å²) in [5.41, 5.74) is 11.1. The van der Waals surface area contributed by atoms with Crippen molar-refractivity contribution in [3.8, 4) is 5.69 Å². The lowest BCUT2D eigenvalue weighted by molar-refractivity contribution is 0.100. The summed E-state index contributed by atoms with van der Waals surface area (Å²) < 4.78 is 28.8. The van der Waals surface area contributed by atoms with Crippen molar-refractivity contribution in [3.05, 3.63) is 60.1 Å². The highest BCUT2D eigenvalue weighted by Crippen LogP contribution is 2.24. The summed E-state index contributed by atoms with van der Waals surface area (Å²) in [6.45, 7) is 0. The summed E-state index contributed by atoms with van der Waals surface area (Å²) in [5.74, 6) is -2.43. The van der Waals surface area contributed by atoms with E-state index in [1.807, 2.05) is 0 Å². The number of guanidine groups is 1. The van der Waals surface area contributed by atoms with Gasteiger partial charge in [-0.05, 0) is 18.2 Å². The maximum absolute atomic E-state index is 13.8. The van der Waals surface area contributed by atoms with Gasteiger partial charge in [-0.2, -0.15) is 4.99 Å². The molecule has 0 bridgehead atoms. The largest absolute Gasteiger partial charge is 0.370 e. The minimum Gasteiger partial charge on any atom is -0.370 e. The van der Waals surface area contributed by atoms with Crippen LogP contribution in [0, 0.1) is 11.6 Å². The summed E-state index contributed by atoms with van der Waals surface area (Å²) in [6, 6.07) is 5.02. The Morgan fingerprint density at radius 2 is 2.00 bits per heavy atom. The predicted molar refractivity (Wildman–Crippen MR) is 81.1 cm³/mol. The minimum atomic E-state index is -0.759. The second kappa shape index (κ2) is 5.48. The van der Waals surface area contributed by atoms with Crippen molar-refractivity contribution in [1.29, 1.82) is 0 Å². The molecule has 0 aliphatic rings. The summed E-state index contributed by atoms with van der Waals surface area (Å²) in [6.07, 6.45) is 4.43. The molecule has 0 spiro atoms. The normalized spacial score (nSPS) is 10.7. The molecule has 2 aromatic heterocycles. The Kier molecular flexibility index (Phi) is 3.49. The van der Waals surface area contributed by atoms with Gasteiger partial charge in [-0.25, -0.2) is 8.78 Å². The zero-order chi connectivity index (χ0) is 16.6. The molecule has 0 saturated heterocycles. The van der Waals surface area contributed by atoms with Gasteiger partial charge in [0, 0.05) is 30.0 Å². The third-order valence-corrected chi connectivity index (χ3v) is 3.19. The summed E-state index contributed by atoms with van der Waals surface area (Å²) in [4.78, 5) is 19.1. The molecule has 3 aromatic rings. The number of hydrogen-bond donors (Lipinski definition) is 2. The topological polar surface area (TPSA) is 99.3 Å². The minimum absolute atomic E-state index is 0.0368. The fourth-order valence-electron chi connectivity index (χ4n) is 2.24. The molecule has 1 aromatic carbocycles. The Bertz CT molecular complexity index is 944. The number of aromatic nitrogens is 2. The first-order chi connectivity index (χ1) is 11.0. The fourth-order valence-corrected chi connectivity index (χ4v) is 2.24. The van der Waals surface area contributed by atoms with Crippen molar-refractivity contribution in [2.24, 2.45) is 16.5 Å². The number of hydrogen-bond acceptors (Lipinski definition) is 2. The lowest BCUT2D eigenvalue weighted by atomic mass is 10.1. The fraction of sp³-hybridized carbons (Fsp3) is 0. The van der Waals surface area contributed by atoms with Gasteiger partial charge >= 0.3 is 0 Å². The third-order valence-electron chi connectivity index (χ3n) is 3.19. The first kappa shape index (κ1) is 14.6. The Labute approximate surface area is 129 Å². The van der Waals surface area contributed by atoms with Gasteiger partial charge in [0.1, 0.15) is 11.3 Å². The molecule has 0 aliphatic heterocycles. The van der Waals surface area contributed by atoms with Crippen LogP contribution in [-0.2, 0) is 0 Å². The Balaban J connectivity index is 2.13. The zero-order valence-corrected chi connectivity index (χ0v) is 11.7. The molecular weight excluding hydrogens is 304 g/mol. The lowest BCUT2D eigenvalue weighted by Gasteiger charge is -2.08. The van der Waals surface area contributed by atoms with E-state index in [-0.39, 0.29) is 22.4 Å². The van der Waals surface area contributed by atoms with E-state index >= 15 is 0 Å². The molecule has 6 nitrogen and oxygen atoms in total. The number of nitrogens with zero attached hydrogens (tertiary/aromatic N) is 3. The smallest absolute Gasteiger partial charge is 0.281 e. The predicted octanol–water partition coefficient (Wildman–Crippen LogP) is 1.72. The van der Waals surface area contributed by atoms with Gasteiger partial charge in [0.2, 0.25) is 0 Å². The number of nitrogens with two attached hydrogens (primary N) is 2. The van der Waals surface area contributed by atoms with E-state index in [0.29, 0.717) is 5.69 Å². The molecule has 2 heterocycles. The average molecular weight is 315 g/mol. The van der Waals surface area contributed by atoms with E-state index in [0.717, 1.165) is 6.07 Å². The SMILES string of the molecule is NC(N)=NC(=O)c1ccn(-c2ccnc3c(F)cc(F)cc23)c1.